The molecule has 3 rings (SSSR count). The molecule has 0 saturated carbocycles. The fourth-order valence-electron chi connectivity index (χ4n) is 2.15. The highest BCUT2D eigenvalue weighted by Crippen LogP contribution is 2.28. The molecule has 0 bridgehead atoms. The van der Waals surface area contributed by atoms with Crippen molar-refractivity contribution in [3.63, 3.8) is 0 Å². The van der Waals surface area contributed by atoms with Crippen molar-refractivity contribution in [1.29, 1.82) is 0 Å². The van der Waals surface area contributed by atoms with Crippen molar-refractivity contribution in [2.75, 3.05) is 12.4 Å². The zero-order valence-corrected chi connectivity index (χ0v) is 13.3. The predicted octanol–water partition coefficient (Wildman–Crippen LogP) is 4.40. The zero-order chi connectivity index (χ0) is 17.1. The standard InChI is InChI=1S/C17H12ClFN2O3/c1-23-15-7-6-12(8-14(15)18)21-17(22)13-9-20-24-16(13)10-2-4-11(19)5-3-10/h2-9H,1H3,(H,21,22). The average Bonchev–Trinajstić information content (AvgIpc) is 3.05. The van der Waals surface area contributed by atoms with Crippen LogP contribution in [0.15, 0.2) is 53.2 Å². The van der Waals surface area contributed by atoms with Crippen LogP contribution >= 0.6 is 11.6 Å². The van der Waals surface area contributed by atoms with E-state index in [1.165, 1.54) is 37.6 Å². The number of carbonyl (C=O) groups is 1. The van der Waals surface area contributed by atoms with Gasteiger partial charge in [0, 0.05) is 11.3 Å². The topological polar surface area (TPSA) is 64.4 Å². The lowest BCUT2D eigenvalue weighted by Crippen LogP contribution is -2.12. The van der Waals surface area contributed by atoms with Gasteiger partial charge in [-0.3, -0.25) is 4.79 Å². The maximum Gasteiger partial charge on any atom is 0.261 e. The first-order valence-electron chi connectivity index (χ1n) is 6.94. The Balaban J connectivity index is 1.85. The van der Waals surface area contributed by atoms with Crippen molar-refractivity contribution in [3.05, 3.63) is 65.1 Å². The number of carbonyl (C=O) groups excluding carboxylic acids is 1. The Morgan fingerprint density at radius 2 is 2.00 bits per heavy atom. The van der Waals surface area contributed by atoms with Gasteiger partial charge < -0.3 is 14.6 Å². The van der Waals surface area contributed by atoms with Crippen LogP contribution in [0.1, 0.15) is 10.4 Å². The smallest absolute Gasteiger partial charge is 0.261 e. The SMILES string of the molecule is COc1ccc(NC(=O)c2cnoc2-c2ccc(F)cc2)cc1Cl. The van der Waals surface area contributed by atoms with Crippen LogP contribution in [0.25, 0.3) is 11.3 Å². The Morgan fingerprint density at radius 1 is 1.25 bits per heavy atom. The molecule has 0 aliphatic carbocycles. The molecule has 122 valence electrons. The Hall–Kier alpha value is -2.86. The number of nitrogens with zero attached hydrogens (tertiary/aromatic N) is 1. The summed E-state index contributed by atoms with van der Waals surface area (Å²) in [7, 11) is 1.51. The van der Waals surface area contributed by atoms with E-state index in [2.05, 4.69) is 10.5 Å². The number of amides is 1. The first-order chi connectivity index (χ1) is 11.6. The summed E-state index contributed by atoms with van der Waals surface area (Å²) in [6.45, 7) is 0. The lowest BCUT2D eigenvalue weighted by molar-refractivity contribution is 0.102. The van der Waals surface area contributed by atoms with Gasteiger partial charge in [-0.1, -0.05) is 16.8 Å². The van der Waals surface area contributed by atoms with E-state index in [1.54, 1.807) is 18.2 Å². The van der Waals surface area contributed by atoms with Crippen molar-refractivity contribution in [2.45, 2.75) is 0 Å². The molecule has 7 heteroatoms. The molecule has 0 saturated heterocycles. The van der Waals surface area contributed by atoms with Crippen LogP contribution in [0.3, 0.4) is 0 Å². The number of hydrogen-bond acceptors (Lipinski definition) is 4. The van der Waals surface area contributed by atoms with E-state index in [1.807, 2.05) is 0 Å². The minimum atomic E-state index is -0.420. The number of anilines is 1. The molecule has 2 aromatic carbocycles. The third kappa shape index (κ3) is 3.23. The van der Waals surface area contributed by atoms with Crippen LogP contribution in [0, 0.1) is 5.82 Å². The Kier molecular flexibility index (Phi) is 4.48. The number of benzene rings is 2. The quantitative estimate of drug-likeness (QED) is 0.760. The van der Waals surface area contributed by atoms with Crippen molar-refractivity contribution >= 4 is 23.2 Å². The molecule has 0 unspecified atom stereocenters. The van der Waals surface area contributed by atoms with Gasteiger partial charge in [-0.2, -0.15) is 0 Å². The van der Waals surface area contributed by atoms with Crippen molar-refractivity contribution in [2.24, 2.45) is 0 Å². The van der Waals surface area contributed by atoms with Gasteiger partial charge >= 0.3 is 0 Å². The zero-order valence-electron chi connectivity index (χ0n) is 12.5. The first kappa shape index (κ1) is 16.0. The van der Waals surface area contributed by atoms with Crippen molar-refractivity contribution < 1.29 is 18.4 Å². The summed E-state index contributed by atoms with van der Waals surface area (Å²) in [5, 5.41) is 6.73. The van der Waals surface area contributed by atoms with Gasteiger partial charge in [0.05, 0.1) is 18.3 Å². The monoisotopic (exact) mass is 346 g/mol. The minimum Gasteiger partial charge on any atom is -0.495 e. The van der Waals surface area contributed by atoms with Gasteiger partial charge in [0.1, 0.15) is 17.1 Å². The number of hydrogen-bond donors (Lipinski definition) is 1. The maximum atomic E-state index is 13.0. The van der Waals surface area contributed by atoms with Crippen LogP contribution < -0.4 is 10.1 Å². The van der Waals surface area contributed by atoms with E-state index in [-0.39, 0.29) is 17.1 Å². The third-order valence-electron chi connectivity index (χ3n) is 3.33. The highest BCUT2D eigenvalue weighted by Gasteiger charge is 2.18. The molecule has 0 aliphatic rings. The lowest BCUT2D eigenvalue weighted by Gasteiger charge is -2.08. The largest absolute Gasteiger partial charge is 0.495 e. The number of methoxy groups -OCH3 is 1. The molecule has 0 aliphatic heterocycles. The maximum absolute atomic E-state index is 13.0. The van der Waals surface area contributed by atoms with Gasteiger partial charge in [0.25, 0.3) is 5.91 Å². The molecule has 1 heterocycles. The second-order valence-electron chi connectivity index (χ2n) is 4.88. The summed E-state index contributed by atoms with van der Waals surface area (Å²) >= 11 is 6.04. The second kappa shape index (κ2) is 6.72. The van der Waals surface area contributed by atoms with Crippen LogP contribution in [-0.2, 0) is 0 Å². The van der Waals surface area contributed by atoms with E-state index < -0.39 is 5.91 Å². The average molecular weight is 347 g/mol. The summed E-state index contributed by atoms with van der Waals surface area (Å²) in [6, 6.07) is 10.5. The Morgan fingerprint density at radius 3 is 2.67 bits per heavy atom. The predicted molar refractivity (Wildman–Crippen MR) is 87.9 cm³/mol. The summed E-state index contributed by atoms with van der Waals surface area (Å²) in [5.41, 5.74) is 1.28. The van der Waals surface area contributed by atoms with Crippen molar-refractivity contribution in [1.82, 2.24) is 5.16 Å². The van der Waals surface area contributed by atoms with Crippen LogP contribution in [-0.4, -0.2) is 18.2 Å². The second-order valence-corrected chi connectivity index (χ2v) is 5.29. The summed E-state index contributed by atoms with van der Waals surface area (Å²) in [6.07, 6.45) is 1.30. The van der Waals surface area contributed by atoms with Crippen molar-refractivity contribution in [3.8, 4) is 17.1 Å². The number of rotatable bonds is 4. The van der Waals surface area contributed by atoms with E-state index in [9.17, 15) is 9.18 Å². The van der Waals surface area contributed by atoms with Gasteiger partial charge in [-0.15, -0.1) is 0 Å². The summed E-state index contributed by atoms with van der Waals surface area (Å²) in [4.78, 5) is 12.4. The molecule has 0 fully saturated rings. The highest BCUT2D eigenvalue weighted by molar-refractivity contribution is 6.32. The van der Waals surface area contributed by atoms with E-state index in [0.29, 0.717) is 22.0 Å². The third-order valence-corrected chi connectivity index (χ3v) is 3.63. The van der Waals surface area contributed by atoms with E-state index in [0.717, 1.165) is 0 Å². The van der Waals surface area contributed by atoms with E-state index in [4.69, 9.17) is 20.9 Å². The Labute approximate surface area is 142 Å². The normalized spacial score (nSPS) is 10.5. The molecule has 1 N–H and O–H groups in total. The molecule has 1 amide bonds. The molecule has 0 radical (unpaired) electrons. The molecule has 1 aromatic heterocycles. The van der Waals surface area contributed by atoms with E-state index >= 15 is 0 Å². The molecule has 3 aromatic rings. The van der Waals surface area contributed by atoms with Gasteiger partial charge in [0.15, 0.2) is 5.76 Å². The summed E-state index contributed by atoms with van der Waals surface area (Å²) < 4.78 is 23.2. The number of nitrogens with one attached hydrogen (secondary N) is 1. The molecular formula is C17H12ClFN2O3. The van der Waals surface area contributed by atoms with Gasteiger partial charge in [-0.05, 0) is 42.5 Å². The van der Waals surface area contributed by atoms with Crippen LogP contribution in [0.2, 0.25) is 5.02 Å². The van der Waals surface area contributed by atoms with Gasteiger partial charge in [-0.25, -0.2) is 4.39 Å². The summed E-state index contributed by atoms with van der Waals surface area (Å²) in [5.74, 6) is -0.0345. The molecular weight excluding hydrogens is 335 g/mol. The Bertz CT molecular complexity index is 878. The first-order valence-corrected chi connectivity index (χ1v) is 7.32. The molecule has 24 heavy (non-hydrogen) atoms. The fraction of sp³-hybridized carbons (Fsp3) is 0.0588. The fourth-order valence-corrected chi connectivity index (χ4v) is 2.41. The lowest BCUT2D eigenvalue weighted by atomic mass is 10.1. The molecule has 0 atom stereocenters. The highest BCUT2D eigenvalue weighted by atomic mass is 35.5. The molecule has 0 spiro atoms. The van der Waals surface area contributed by atoms with Crippen LogP contribution in [0.5, 0.6) is 5.75 Å². The minimum absolute atomic E-state index is 0.230. The molecule has 5 nitrogen and oxygen atoms in total. The number of aromatic nitrogens is 1. The van der Waals surface area contributed by atoms with Crippen LogP contribution in [0.4, 0.5) is 10.1 Å². The number of ether oxygens (including phenoxy) is 1. The van der Waals surface area contributed by atoms with Gasteiger partial charge in [0.2, 0.25) is 0 Å². The number of halogens is 2.